The summed E-state index contributed by atoms with van der Waals surface area (Å²) in [6, 6.07) is 16.1. The predicted octanol–water partition coefficient (Wildman–Crippen LogP) is 4.72. The number of carbonyl (C=O) groups excluding carboxylic acids is 1. The first-order chi connectivity index (χ1) is 14.6. The summed E-state index contributed by atoms with van der Waals surface area (Å²) < 4.78 is 0. The van der Waals surface area contributed by atoms with Crippen LogP contribution in [0.5, 0.6) is 0 Å². The smallest absolute Gasteiger partial charge is 0.254 e. The molecule has 1 aliphatic rings. The van der Waals surface area contributed by atoms with E-state index in [0.717, 1.165) is 54.4 Å². The molecule has 0 aromatic heterocycles. The van der Waals surface area contributed by atoms with Crippen molar-refractivity contribution < 1.29 is 4.79 Å². The summed E-state index contributed by atoms with van der Waals surface area (Å²) in [5.41, 5.74) is 3.01. The zero-order chi connectivity index (χ0) is 21.5. The molecule has 3 rings (SSSR count). The van der Waals surface area contributed by atoms with Gasteiger partial charge in [0.15, 0.2) is 0 Å². The van der Waals surface area contributed by atoms with E-state index in [1.165, 1.54) is 0 Å². The largest absolute Gasteiger partial charge is 0.339 e. The fourth-order valence-corrected chi connectivity index (χ4v) is 4.36. The Kier molecular flexibility index (Phi) is 8.08. The van der Waals surface area contributed by atoms with Gasteiger partial charge < -0.3 is 4.90 Å². The first-order valence-corrected chi connectivity index (χ1v) is 11.2. The van der Waals surface area contributed by atoms with Gasteiger partial charge in [-0.05, 0) is 43.2 Å². The molecule has 0 saturated carbocycles. The molecule has 0 bridgehead atoms. The highest BCUT2D eigenvalue weighted by molar-refractivity contribution is 6.30. The first kappa shape index (κ1) is 22.5. The maximum atomic E-state index is 13.3. The van der Waals surface area contributed by atoms with Gasteiger partial charge in [0.2, 0.25) is 0 Å². The number of nitrogens with zero attached hydrogens (tertiary/aromatic N) is 3. The Morgan fingerprint density at radius 1 is 1.07 bits per heavy atom. The average Bonchev–Trinajstić information content (AvgIpc) is 2.78. The molecule has 30 heavy (non-hydrogen) atoms. The molecule has 2 aromatic rings. The van der Waals surface area contributed by atoms with Gasteiger partial charge in [-0.2, -0.15) is 0 Å². The normalized spacial score (nSPS) is 16.2. The van der Waals surface area contributed by atoms with Crippen molar-refractivity contribution >= 4 is 17.5 Å². The Bertz CT molecular complexity index is 840. The summed E-state index contributed by atoms with van der Waals surface area (Å²) in [6.45, 7) is 14.1. The minimum atomic E-state index is 0.0175. The third-order valence-electron chi connectivity index (χ3n) is 5.88. The monoisotopic (exact) mass is 425 g/mol. The Labute approximate surface area is 185 Å². The second kappa shape index (κ2) is 10.8. The summed E-state index contributed by atoms with van der Waals surface area (Å²) in [7, 11) is 0. The SMILES string of the molecule is C=CCN1CCN(C(c2ccc(Cl)cc2)c2ccccc2C(=O)N(CC)CC)CC1. The number of carbonyl (C=O) groups is 1. The number of rotatable bonds is 8. The summed E-state index contributed by atoms with van der Waals surface area (Å²) in [4.78, 5) is 20.1. The van der Waals surface area contributed by atoms with Gasteiger partial charge in [-0.1, -0.05) is 48.0 Å². The van der Waals surface area contributed by atoms with Crippen LogP contribution in [0, 0.1) is 0 Å². The van der Waals surface area contributed by atoms with Crippen molar-refractivity contribution in [3.05, 3.63) is 82.9 Å². The van der Waals surface area contributed by atoms with E-state index in [4.69, 9.17) is 11.6 Å². The van der Waals surface area contributed by atoms with Crippen LogP contribution in [0.1, 0.15) is 41.4 Å². The highest BCUT2D eigenvalue weighted by atomic mass is 35.5. The van der Waals surface area contributed by atoms with Crippen molar-refractivity contribution in [1.29, 1.82) is 0 Å². The molecule has 0 aliphatic carbocycles. The Morgan fingerprint density at radius 3 is 2.30 bits per heavy atom. The summed E-state index contributed by atoms with van der Waals surface area (Å²) in [5, 5.41) is 0.723. The second-order valence-electron chi connectivity index (χ2n) is 7.64. The van der Waals surface area contributed by atoms with E-state index in [1.54, 1.807) is 0 Å². The van der Waals surface area contributed by atoms with E-state index < -0.39 is 0 Å². The van der Waals surface area contributed by atoms with Gasteiger partial charge in [-0.25, -0.2) is 0 Å². The van der Waals surface area contributed by atoms with E-state index in [-0.39, 0.29) is 11.9 Å². The van der Waals surface area contributed by atoms with Gasteiger partial charge in [0.1, 0.15) is 0 Å². The number of hydrogen-bond donors (Lipinski definition) is 0. The molecule has 1 atom stereocenters. The quantitative estimate of drug-likeness (QED) is 0.573. The van der Waals surface area contributed by atoms with Crippen LogP contribution in [0.4, 0.5) is 0 Å². The van der Waals surface area contributed by atoms with Crippen molar-refractivity contribution in [3.63, 3.8) is 0 Å². The lowest BCUT2D eigenvalue weighted by Crippen LogP contribution is -2.48. The van der Waals surface area contributed by atoms with E-state index >= 15 is 0 Å². The molecule has 0 N–H and O–H groups in total. The van der Waals surface area contributed by atoms with E-state index in [1.807, 2.05) is 55.2 Å². The maximum absolute atomic E-state index is 13.3. The highest BCUT2D eigenvalue weighted by Gasteiger charge is 2.29. The fraction of sp³-hybridized carbons (Fsp3) is 0.400. The molecule has 0 radical (unpaired) electrons. The third kappa shape index (κ3) is 5.12. The molecule has 1 fully saturated rings. The Balaban J connectivity index is 2.00. The van der Waals surface area contributed by atoms with E-state index in [2.05, 4.69) is 34.6 Å². The van der Waals surface area contributed by atoms with Crippen LogP contribution in [-0.2, 0) is 0 Å². The minimum absolute atomic E-state index is 0.0175. The zero-order valence-electron chi connectivity index (χ0n) is 18.1. The second-order valence-corrected chi connectivity index (χ2v) is 8.08. The molecule has 4 nitrogen and oxygen atoms in total. The van der Waals surface area contributed by atoms with Crippen molar-refractivity contribution in [3.8, 4) is 0 Å². The number of benzene rings is 2. The fourth-order valence-electron chi connectivity index (χ4n) is 4.23. The van der Waals surface area contributed by atoms with Crippen LogP contribution in [0.3, 0.4) is 0 Å². The lowest BCUT2D eigenvalue weighted by Gasteiger charge is -2.40. The molecule has 1 saturated heterocycles. The van der Waals surface area contributed by atoms with Crippen molar-refractivity contribution in [2.24, 2.45) is 0 Å². The first-order valence-electron chi connectivity index (χ1n) is 10.8. The molecular weight excluding hydrogens is 394 g/mol. The van der Waals surface area contributed by atoms with Crippen molar-refractivity contribution in [2.45, 2.75) is 19.9 Å². The molecule has 2 aromatic carbocycles. The number of amides is 1. The molecular formula is C25H32ClN3O. The van der Waals surface area contributed by atoms with Crippen LogP contribution >= 0.6 is 11.6 Å². The Morgan fingerprint density at radius 2 is 1.70 bits per heavy atom. The van der Waals surface area contributed by atoms with Gasteiger partial charge in [0, 0.05) is 56.4 Å². The third-order valence-corrected chi connectivity index (χ3v) is 6.13. The molecule has 5 heteroatoms. The zero-order valence-corrected chi connectivity index (χ0v) is 18.8. The lowest BCUT2D eigenvalue weighted by atomic mass is 9.92. The van der Waals surface area contributed by atoms with Crippen LogP contribution in [0.15, 0.2) is 61.2 Å². The average molecular weight is 426 g/mol. The molecule has 160 valence electrons. The van der Waals surface area contributed by atoms with Gasteiger partial charge in [-0.15, -0.1) is 6.58 Å². The van der Waals surface area contributed by atoms with Crippen LogP contribution in [0.2, 0.25) is 5.02 Å². The van der Waals surface area contributed by atoms with Gasteiger partial charge >= 0.3 is 0 Å². The summed E-state index contributed by atoms with van der Waals surface area (Å²) in [5.74, 6) is 0.0971. The predicted molar refractivity (Wildman–Crippen MR) is 125 cm³/mol. The van der Waals surface area contributed by atoms with Crippen LogP contribution in [0.25, 0.3) is 0 Å². The molecule has 1 heterocycles. The van der Waals surface area contributed by atoms with Crippen LogP contribution < -0.4 is 0 Å². The number of halogens is 1. The standard InChI is InChI=1S/C25H32ClN3O/c1-4-15-27-16-18-29(19-17-27)24(20-11-13-21(26)14-12-20)22-9-7-8-10-23(22)25(30)28(5-2)6-3/h4,7-14,24H,1,5-6,15-19H2,2-3H3. The summed E-state index contributed by atoms with van der Waals surface area (Å²) in [6.07, 6.45) is 1.96. The lowest BCUT2D eigenvalue weighted by molar-refractivity contribution is 0.0766. The number of piperazine rings is 1. The molecule has 0 spiro atoms. The van der Waals surface area contributed by atoms with E-state index in [0.29, 0.717) is 13.1 Å². The topological polar surface area (TPSA) is 26.8 Å². The van der Waals surface area contributed by atoms with Gasteiger partial charge in [-0.3, -0.25) is 14.6 Å². The maximum Gasteiger partial charge on any atom is 0.254 e. The minimum Gasteiger partial charge on any atom is -0.339 e. The van der Waals surface area contributed by atoms with Crippen molar-refractivity contribution in [1.82, 2.24) is 14.7 Å². The Hall–Kier alpha value is -2.14. The van der Waals surface area contributed by atoms with E-state index in [9.17, 15) is 4.79 Å². The molecule has 1 amide bonds. The summed E-state index contributed by atoms with van der Waals surface area (Å²) >= 11 is 6.17. The van der Waals surface area contributed by atoms with Gasteiger partial charge in [0.05, 0.1) is 6.04 Å². The number of hydrogen-bond acceptors (Lipinski definition) is 3. The van der Waals surface area contributed by atoms with Crippen LogP contribution in [-0.4, -0.2) is 66.4 Å². The molecule has 1 aliphatic heterocycles. The highest BCUT2D eigenvalue weighted by Crippen LogP contribution is 2.33. The van der Waals surface area contributed by atoms with Gasteiger partial charge in [0.25, 0.3) is 5.91 Å². The van der Waals surface area contributed by atoms with Crippen molar-refractivity contribution in [2.75, 3.05) is 45.8 Å². The molecule has 1 unspecified atom stereocenters.